The lowest BCUT2D eigenvalue weighted by molar-refractivity contribution is 0.327. The fourth-order valence-electron chi connectivity index (χ4n) is 2.83. The van der Waals surface area contributed by atoms with Gasteiger partial charge >= 0.3 is 0 Å². The van der Waals surface area contributed by atoms with Gasteiger partial charge in [-0.25, -0.2) is 13.1 Å². The Hall–Kier alpha value is -1.11. The number of hydrogen-bond acceptors (Lipinski definition) is 4. The maximum Gasteiger partial charge on any atom is 0.244 e. The van der Waals surface area contributed by atoms with Gasteiger partial charge in [-0.2, -0.15) is 0 Å². The van der Waals surface area contributed by atoms with Crippen LogP contribution in [0.5, 0.6) is 5.75 Å². The largest absolute Gasteiger partial charge is 0.495 e. The molecule has 0 radical (unpaired) electrons. The van der Waals surface area contributed by atoms with Crippen LogP contribution in [-0.2, 0) is 10.0 Å². The van der Waals surface area contributed by atoms with Gasteiger partial charge in [0.2, 0.25) is 10.0 Å². The van der Waals surface area contributed by atoms with E-state index in [9.17, 15) is 8.42 Å². The van der Waals surface area contributed by atoms with Crippen LogP contribution in [0.4, 0.5) is 0 Å². The average molecular weight is 312 g/mol. The molecule has 21 heavy (non-hydrogen) atoms. The van der Waals surface area contributed by atoms with Gasteiger partial charge in [-0.3, -0.25) is 0 Å². The molecule has 118 valence electrons. The average Bonchev–Trinajstić information content (AvgIpc) is 2.40. The summed E-state index contributed by atoms with van der Waals surface area (Å²) in [6.45, 7) is 7.47. The smallest absolute Gasteiger partial charge is 0.244 e. The third-order valence-corrected chi connectivity index (χ3v) is 5.47. The van der Waals surface area contributed by atoms with E-state index in [4.69, 9.17) is 4.74 Å². The maximum absolute atomic E-state index is 12.7. The van der Waals surface area contributed by atoms with E-state index in [0.29, 0.717) is 5.75 Å². The topological polar surface area (TPSA) is 67.4 Å². The molecule has 1 saturated heterocycles. The standard InChI is InChI=1S/C15H24N2O3S/c1-10-7-11(2)15(20-4)14(8-10)21(18,19)17-13-5-6-16-9-12(13)3/h7-8,12-13,16-17H,5-6,9H2,1-4H3. The second kappa shape index (κ2) is 6.34. The van der Waals surface area contributed by atoms with Crippen LogP contribution in [-0.4, -0.2) is 34.7 Å². The first kappa shape index (κ1) is 16.3. The van der Waals surface area contributed by atoms with Crippen molar-refractivity contribution < 1.29 is 13.2 Å². The van der Waals surface area contributed by atoms with Crippen LogP contribution in [0, 0.1) is 19.8 Å². The van der Waals surface area contributed by atoms with Crippen LogP contribution in [0.3, 0.4) is 0 Å². The molecule has 2 rings (SSSR count). The maximum atomic E-state index is 12.7. The lowest BCUT2D eigenvalue weighted by atomic mass is 9.97. The number of ether oxygens (including phenoxy) is 1. The molecule has 1 aromatic rings. The number of piperidine rings is 1. The monoisotopic (exact) mass is 312 g/mol. The first-order chi connectivity index (χ1) is 9.85. The molecule has 2 N–H and O–H groups in total. The lowest BCUT2D eigenvalue weighted by Gasteiger charge is -2.30. The van der Waals surface area contributed by atoms with E-state index in [0.717, 1.165) is 30.6 Å². The van der Waals surface area contributed by atoms with Crippen molar-refractivity contribution in [1.82, 2.24) is 10.0 Å². The Labute approximate surface area is 127 Å². The van der Waals surface area contributed by atoms with Crippen molar-refractivity contribution in [2.75, 3.05) is 20.2 Å². The summed E-state index contributed by atoms with van der Waals surface area (Å²) in [5.41, 5.74) is 1.74. The fraction of sp³-hybridized carbons (Fsp3) is 0.600. The quantitative estimate of drug-likeness (QED) is 0.886. The minimum Gasteiger partial charge on any atom is -0.495 e. The Morgan fingerprint density at radius 1 is 1.33 bits per heavy atom. The first-order valence-electron chi connectivity index (χ1n) is 7.23. The molecule has 6 heteroatoms. The van der Waals surface area contributed by atoms with Gasteiger partial charge in [0, 0.05) is 6.04 Å². The SMILES string of the molecule is COc1c(C)cc(C)cc1S(=O)(=O)NC1CCNCC1C. The number of hydrogen-bond donors (Lipinski definition) is 2. The molecular formula is C15H24N2O3S. The lowest BCUT2D eigenvalue weighted by Crippen LogP contribution is -2.48. The predicted molar refractivity (Wildman–Crippen MR) is 83.2 cm³/mol. The summed E-state index contributed by atoms with van der Waals surface area (Å²) in [5, 5.41) is 3.27. The second-order valence-electron chi connectivity index (χ2n) is 5.81. The highest BCUT2D eigenvalue weighted by atomic mass is 32.2. The van der Waals surface area contributed by atoms with Gasteiger partial charge in [0.1, 0.15) is 10.6 Å². The van der Waals surface area contributed by atoms with E-state index < -0.39 is 10.0 Å². The van der Waals surface area contributed by atoms with Crippen molar-refractivity contribution >= 4 is 10.0 Å². The zero-order valence-corrected chi connectivity index (χ0v) is 13.9. The predicted octanol–water partition coefficient (Wildman–Crippen LogP) is 1.59. The van der Waals surface area contributed by atoms with Gasteiger partial charge in [0.15, 0.2) is 0 Å². The minimum absolute atomic E-state index is 0.0400. The van der Waals surface area contributed by atoms with E-state index in [1.165, 1.54) is 7.11 Å². The fourth-order valence-corrected chi connectivity index (χ4v) is 4.53. The Kier molecular flexibility index (Phi) is 4.91. The molecule has 1 aliphatic rings. The zero-order valence-electron chi connectivity index (χ0n) is 13.1. The van der Waals surface area contributed by atoms with Gasteiger partial charge in [-0.1, -0.05) is 13.0 Å². The molecule has 2 unspecified atom stereocenters. The summed E-state index contributed by atoms with van der Waals surface area (Å²) in [6.07, 6.45) is 0.799. The van der Waals surface area contributed by atoms with Crippen LogP contribution in [0.25, 0.3) is 0 Å². The number of aryl methyl sites for hydroxylation is 2. The van der Waals surface area contributed by atoms with Crippen LogP contribution < -0.4 is 14.8 Å². The number of sulfonamides is 1. The van der Waals surface area contributed by atoms with Gasteiger partial charge in [-0.05, 0) is 56.5 Å². The highest BCUT2D eigenvalue weighted by molar-refractivity contribution is 7.89. The van der Waals surface area contributed by atoms with Crippen molar-refractivity contribution in [2.45, 2.75) is 38.1 Å². The van der Waals surface area contributed by atoms with E-state index in [1.807, 2.05) is 19.9 Å². The van der Waals surface area contributed by atoms with E-state index in [1.54, 1.807) is 6.07 Å². The molecule has 1 heterocycles. The molecule has 0 saturated carbocycles. The molecular weight excluding hydrogens is 288 g/mol. The van der Waals surface area contributed by atoms with E-state index in [-0.39, 0.29) is 16.9 Å². The summed E-state index contributed by atoms with van der Waals surface area (Å²) in [5.74, 6) is 0.695. The Morgan fingerprint density at radius 2 is 2.05 bits per heavy atom. The van der Waals surface area contributed by atoms with Crippen molar-refractivity contribution in [3.05, 3.63) is 23.3 Å². The number of nitrogens with one attached hydrogen (secondary N) is 2. The summed E-state index contributed by atoms with van der Waals surface area (Å²) in [6, 6.07) is 3.55. The van der Waals surface area contributed by atoms with Gasteiger partial charge in [0.25, 0.3) is 0 Å². The van der Waals surface area contributed by atoms with Crippen molar-refractivity contribution in [3.8, 4) is 5.75 Å². The van der Waals surface area contributed by atoms with Crippen LogP contribution in [0.1, 0.15) is 24.5 Å². The number of methoxy groups -OCH3 is 1. The molecule has 0 bridgehead atoms. The van der Waals surface area contributed by atoms with Crippen molar-refractivity contribution in [3.63, 3.8) is 0 Å². The molecule has 0 spiro atoms. The van der Waals surface area contributed by atoms with Gasteiger partial charge in [0.05, 0.1) is 7.11 Å². The summed E-state index contributed by atoms with van der Waals surface area (Å²) < 4.78 is 33.6. The molecule has 2 atom stereocenters. The molecule has 1 aromatic carbocycles. The molecule has 5 nitrogen and oxygen atoms in total. The highest BCUT2D eigenvalue weighted by Crippen LogP contribution is 2.29. The molecule has 0 aliphatic carbocycles. The third kappa shape index (κ3) is 3.56. The normalized spacial score (nSPS) is 23.0. The Morgan fingerprint density at radius 3 is 2.67 bits per heavy atom. The molecule has 1 fully saturated rings. The van der Waals surface area contributed by atoms with Gasteiger partial charge in [-0.15, -0.1) is 0 Å². The van der Waals surface area contributed by atoms with Crippen LogP contribution >= 0.6 is 0 Å². The minimum atomic E-state index is -3.58. The van der Waals surface area contributed by atoms with E-state index >= 15 is 0 Å². The molecule has 1 aliphatic heterocycles. The van der Waals surface area contributed by atoms with Crippen molar-refractivity contribution in [1.29, 1.82) is 0 Å². The second-order valence-corrected chi connectivity index (χ2v) is 7.49. The molecule has 0 aromatic heterocycles. The summed E-state index contributed by atoms with van der Waals surface area (Å²) in [7, 11) is -2.08. The number of rotatable bonds is 4. The Bertz CT molecular complexity index is 614. The zero-order chi connectivity index (χ0) is 15.6. The number of benzene rings is 1. The first-order valence-corrected chi connectivity index (χ1v) is 8.71. The summed E-state index contributed by atoms with van der Waals surface area (Å²) in [4.78, 5) is 0.230. The third-order valence-electron chi connectivity index (χ3n) is 3.97. The van der Waals surface area contributed by atoms with Gasteiger partial charge < -0.3 is 10.1 Å². The van der Waals surface area contributed by atoms with Crippen LogP contribution in [0.15, 0.2) is 17.0 Å². The van der Waals surface area contributed by atoms with Crippen LogP contribution in [0.2, 0.25) is 0 Å². The van der Waals surface area contributed by atoms with E-state index in [2.05, 4.69) is 17.0 Å². The molecule has 0 amide bonds. The highest BCUT2D eigenvalue weighted by Gasteiger charge is 2.29. The Balaban J connectivity index is 2.35. The van der Waals surface area contributed by atoms with Crippen molar-refractivity contribution in [2.24, 2.45) is 5.92 Å². The summed E-state index contributed by atoms with van der Waals surface area (Å²) >= 11 is 0.